The van der Waals surface area contributed by atoms with Crippen LogP contribution in [0.2, 0.25) is 0 Å². The predicted molar refractivity (Wildman–Crippen MR) is 130 cm³/mol. The Kier molecular flexibility index (Phi) is 8.19. The van der Waals surface area contributed by atoms with Crippen molar-refractivity contribution in [2.75, 3.05) is 33.7 Å². The van der Waals surface area contributed by atoms with Gasteiger partial charge >= 0.3 is 6.03 Å². The molecule has 3 rings (SSSR count). The number of nitrogens with one attached hydrogen (secondary N) is 5. The fraction of sp³-hybridized carbons (Fsp3) is 0.136. The lowest BCUT2D eigenvalue weighted by Crippen LogP contribution is -2.28. The Morgan fingerprint density at radius 3 is 2.27 bits per heavy atom. The predicted octanol–water partition coefficient (Wildman–Crippen LogP) is 3.20. The fourth-order valence-corrected chi connectivity index (χ4v) is 3.14. The zero-order valence-corrected chi connectivity index (χ0v) is 18.7. The van der Waals surface area contributed by atoms with Crippen molar-refractivity contribution in [3.8, 4) is 0 Å². The lowest BCUT2D eigenvalue weighted by atomic mass is 10.2. The van der Waals surface area contributed by atoms with E-state index in [-0.39, 0.29) is 17.3 Å². The maximum Gasteiger partial charge on any atom is 0.320 e. The molecule has 3 aromatic rings. The maximum atomic E-state index is 13.0. The van der Waals surface area contributed by atoms with Gasteiger partial charge in [0.1, 0.15) is 11.7 Å². The van der Waals surface area contributed by atoms with Crippen LogP contribution in [0.25, 0.3) is 0 Å². The minimum absolute atomic E-state index is 0.169. The Hall–Kier alpha value is -4.12. The first-order valence-corrected chi connectivity index (χ1v) is 11.4. The van der Waals surface area contributed by atoms with E-state index in [4.69, 9.17) is 0 Å². The molecule has 1 heterocycles. The number of hydrogen-bond donors (Lipinski definition) is 6. The Morgan fingerprint density at radius 2 is 1.61 bits per heavy atom. The van der Waals surface area contributed by atoms with Gasteiger partial charge in [0.15, 0.2) is 10.7 Å². The quantitative estimate of drug-likeness (QED) is 0.265. The number of urea groups is 1. The number of pyridine rings is 1. The molecule has 0 aliphatic heterocycles. The highest BCUT2D eigenvalue weighted by atomic mass is 32.2. The van der Waals surface area contributed by atoms with Crippen molar-refractivity contribution in [3.63, 3.8) is 0 Å². The Bertz CT molecular complexity index is 1180. The van der Waals surface area contributed by atoms with E-state index in [1.165, 1.54) is 6.20 Å². The number of thiol groups is 1. The molecule has 0 spiro atoms. The molecule has 0 atom stereocenters. The van der Waals surface area contributed by atoms with Crippen LogP contribution in [0.3, 0.4) is 0 Å². The topological polar surface area (TPSA) is 141 Å². The van der Waals surface area contributed by atoms with Gasteiger partial charge in [0.05, 0.1) is 11.3 Å². The second kappa shape index (κ2) is 11.5. The highest BCUT2D eigenvalue weighted by Crippen LogP contribution is 2.24. The summed E-state index contributed by atoms with van der Waals surface area (Å²) in [6.45, 7) is 2.27. The largest absolute Gasteiger partial charge is 0.372 e. The van der Waals surface area contributed by atoms with E-state index in [9.17, 15) is 18.0 Å². The molecule has 0 fully saturated rings. The molecular formula is C22H24N6O4S. The maximum absolute atomic E-state index is 13.0. The average Bonchev–Trinajstić information content (AvgIpc) is 2.79. The zero-order valence-electron chi connectivity index (χ0n) is 17.8. The number of para-hydroxylation sites is 1. The molecule has 0 unspecified atom stereocenters. The summed E-state index contributed by atoms with van der Waals surface area (Å²) in [7, 11) is -2.54. The number of benzene rings is 2. The number of nitrogens with zero attached hydrogens (tertiary/aromatic N) is 1. The number of rotatable bonds is 9. The van der Waals surface area contributed by atoms with Crippen molar-refractivity contribution >= 4 is 51.2 Å². The van der Waals surface area contributed by atoms with Gasteiger partial charge in [-0.2, -0.15) is 0 Å². The van der Waals surface area contributed by atoms with Gasteiger partial charge < -0.3 is 21.3 Å². The van der Waals surface area contributed by atoms with E-state index < -0.39 is 22.6 Å². The standard InChI is InChI=1S/C22H24N6O4S/c1-2-23-22(30)28-20-12-19(26-16-6-4-3-5-7-16)18(13-24-20)21(29)27-17-10-8-15(9-11-17)25-14-33(31)32/h3-13,25,33H,2,14H2,1H3,(H,27,29)(H3,23,24,26,28,30). The first kappa shape index (κ1) is 23.5. The van der Waals surface area contributed by atoms with Gasteiger partial charge in [-0.15, -0.1) is 0 Å². The van der Waals surface area contributed by atoms with E-state index >= 15 is 0 Å². The molecule has 2 aromatic carbocycles. The van der Waals surface area contributed by atoms with Gasteiger partial charge in [-0.3, -0.25) is 10.1 Å². The molecule has 1 aromatic heterocycles. The van der Waals surface area contributed by atoms with Crippen LogP contribution in [-0.4, -0.2) is 37.8 Å². The van der Waals surface area contributed by atoms with Crippen molar-refractivity contribution in [1.82, 2.24) is 10.3 Å². The molecule has 11 heteroatoms. The number of hydrogen-bond acceptors (Lipinski definition) is 7. The van der Waals surface area contributed by atoms with Crippen LogP contribution in [0, 0.1) is 0 Å². The molecule has 10 nitrogen and oxygen atoms in total. The third-order valence-electron chi connectivity index (χ3n) is 4.34. The van der Waals surface area contributed by atoms with Crippen molar-refractivity contribution in [1.29, 1.82) is 0 Å². The fourth-order valence-electron chi connectivity index (χ4n) is 2.83. The summed E-state index contributed by atoms with van der Waals surface area (Å²) in [6.07, 6.45) is 1.38. The molecule has 33 heavy (non-hydrogen) atoms. The van der Waals surface area contributed by atoms with E-state index in [0.29, 0.717) is 23.6 Å². The zero-order chi connectivity index (χ0) is 23.6. The lowest BCUT2D eigenvalue weighted by molar-refractivity contribution is 0.102. The smallest absolute Gasteiger partial charge is 0.320 e. The lowest BCUT2D eigenvalue weighted by Gasteiger charge is -2.14. The van der Waals surface area contributed by atoms with Crippen molar-refractivity contribution in [2.24, 2.45) is 0 Å². The van der Waals surface area contributed by atoms with Crippen LogP contribution >= 0.6 is 0 Å². The molecule has 172 valence electrons. The van der Waals surface area contributed by atoms with Crippen molar-refractivity contribution < 1.29 is 18.0 Å². The first-order chi connectivity index (χ1) is 15.9. The van der Waals surface area contributed by atoms with E-state index in [2.05, 4.69) is 31.6 Å². The summed E-state index contributed by atoms with van der Waals surface area (Å²) in [4.78, 5) is 29.0. The van der Waals surface area contributed by atoms with Gasteiger partial charge in [0.25, 0.3) is 5.91 Å². The monoisotopic (exact) mass is 468 g/mol. The molecular weight excluding hydrogens is 444 g/mol. The minimum Gasteiger partial charge on any atom is -0.372 e. The molecule has 0 saturated heterocycles. The number of aromatic nitrogens is 1. The van der Waals surface area contributed by atoms with Gasteiger partial charge in [-0.1, -0.05) is 18.2 Å². The molecule has 0 saturated carbocycles. The molecule has 5 N–H and O–H groups in total. The molecule has 3 amide bonds. The molecule has 0 aliphatic carbocycles. The van der Waals surface area contributed by atoms with E-state index in [0.717, 1.165) is 5.69 Å². The molecule has 0 aliphatic rings. The summed E-state index contributed by atoms with van der Waals surface area (Å²) in [5, 5.41) is 14.0. The van der Waals surface area contributed by atoms with Crippen LogP contribution in [0.5, 0.6) is 0 Å². The number of amides is 3. The van der Waals surface area contributed by atoms with Gasteiger partial charge in [0.2, 0.25) is 0 Å². The normalized spacial score (nSPS) is 10.4. The minimum atomic E-state index is -2.54. The van der Waals surface area contributed by atoms with Crippen LogP contribution in [-0.2, 0) is 10.7 Å². The van der Waals surface area contributed by atoms with Gasteiger partial charge in [-0.25, -0.2) is 18.2 Å². The number of carbonyl (C=O) groups is 2. The highest BCUT2D eigenvalue weighted by molar-refractivity contribution is 7.72. The summed E-state index contributed by atoms with van der Waals surface area (Å²) >= 11 is 0. The molecule has 0 bridgehead atoms. The third-order valence-corrected chi connectivity index (χ3v) is 4.75. The van der Waals surface area contributed by atoms with E-state index in [1.807, 2.05) is 30.3 Å². The second-order valence-electron chi connectivity index (χ2n) is 6.79. The van der Waals surface area contributed by atoms with Crippen molar-refractivity contribution in [3.05, 3.63) is 72.4 Å². The van der Waals surface area contributed by atoms with Crippen molar-refractivity contribution in [2.45, 2.75) is 6.92 Å². The van der Waals surface area contributed by atoms with Gasteiger partial charge in [-0.05, 0) is 43.3 Å². The Labute approximate surface area is 192 Å². The average molecular weight is 469 g/mol. The Morgan fingerprint density at radius 1 is 0.909 bits per heavy atom. The van der Waals surface area contributed by atoms with Crippen LogP contribution in [0.1, 0.15) is 17.3 Å². The SMILES string of the molecule is CCNC(=O)Nc1cc(Nc2ccccc2)c(C(=O)Nc2ccc(NC[SH](=O)=O)cc2)cn1. The highest BCUT2D eigenvalue weighted by Gasteiger charge is 2.15. The number of anilines is 5. The first-order valence-electron chi connectivity index (χ1n) is 10.1. The second-order valence-corrected chi connectivity index (χ2v) is 7.77. The summed E-state index contributed by atoms with van der Waals surface area (Å²) < 4.78 is 21.4. The Balaban J connectivity index is 1.80. The van der Waals surface area contributed by atoms with Gasteiger partial charge in [0, 0.05) is 35.9 Å². The third kappa shape index (κ3) is 7.21. The number of carbonyl (C=O) groups excluding carboxylic acids is 2. The molecule has 0 radical (unpaired) electrons. The van der Waals surface area contributed by atoms with Crippen LogP contribution in [0.15, 0.2) is 66.9 Å². The van der Waals surface area contributed by atoms with Crippen LogP contribution < -0.4 is 26.6 Å². The summed E-state index contributed by atoms with van der Waals surface area (Å²) in [5.74, 6) is -0.297. The summed E-state index contributed by atoms with van der Waals surface area (Å²) in [5.41, 5.74) is 2.62. The van der Waals surface area contributed by atoms with E-state index in [1.54, 1.807) is 37.3 Å². The van der Waals surface area contributed by atoms with Crippen LogP contribution in [0.4, 0.5) is 33.4 Å². The summed E-state index contributed by atoms with van der Waals surface area (Å²) in [6, 6.07) is 17.1.